The van der Waals surface area contributed by atoms with E-state index in [1.54, 1.807) is 16.8 Å². The molecule has 2 aromatic heterocycles. The lowest BCUT2D eigenvalue weighted by Gasteiger charge is -2.12. The van der Waals surface area contributed by atoms with Gasteiger partial charge in [0.05, 0.1) is 23.7 Å². The van der Waals surface area contributed by atoms with Gasteiger partial charge in [0, 0.05) is 18.7 Å². The molecule has 0 amide bonds. The zero-order chi connectivity index (χ0) is 21.2. The predicted octanol–water partition coefficient (Wildman–Crippen LogP) is 3.85. The zero-order valence-corrected chi connectivity index (χ0v) is 17.0. The van der Waals surface area contributed by atoms with Gasteiger partial charge >= 0.3 is 0 Å². The first-order valence-corrected chi connectivity index (χ1v) is 10.4. The van der Waals surface area contributed by atoms with Crippen LogP contribution in [-0.4, -0.2) is 39.0 Å². The molecule has 0 spiro atoms. The van der Waals surface area contributed by atoms with E-state index in [0.29, 0.717) is 41.6 Å². The Labute approximate surface area is 179 Å². The number of aromatic nitrogens is 4. The highest BCUT2D eigenvalue weighted by molar-refractivity contribution is 5.98. The summed E-state index contributed by atoms with van der Waals surface area (Å²) in [7, 11) is 0. The summed E-state index contributed by atoms with van der Waals surface area (Å²) in [5.74, 6) is 0.620. The molecule has 0 radical (unpaired) electrons. The van der Waals surface area contributed by atoms with Crippen LogP contribution in [0, 0.1) is 5.82 Å². The number of ether oxygens (including phenoxy) is 1. The summed E-state index contributed by atoms with van der Waals surface area (Å²) >= 11 is 0. The quantitative estimate of drug-likeness (QED) is 0.494. The summed E-state index contributed by atoms with van der Waals surface area (Å²) in [4.78, 5) is 9.31. The first kappa shape index (κ1) is 19.4. The van der Waals surface area contributed by atoms with E-state index in [1.165, 1.54) is 12.1 Å². The molecule has 3 N–H and O–H groups in total. The lowest BCUT2D eigenvalue weighted by atomic mass is 10.1. The molecule has 1 atom stereocenters. The molecule has 2 aromatic carbocycles. The van der Waals surface area contributed by atoms with Crippen LogP contribution >= 0.6 is 0 Å². The lowest BCUT2D eigenvalue weighted by molar-refractivity contribution is 0.120. The van der Waals surface area contributed by atoms with Crippen molar-refractivity contribution in [2.24, 2.45) is 0 Å². The van der Waals surface area contributed by atoms with Crippen LogP contribution in [0.3, 0.4) is 0 Å². The molecule has 5 rings (SSSR count). The van der Waals surface area contributed by atoms with Crippen molar-refractivity contribution in [2.45, 2.75) is 25.5 Å². The molecule has 158 valence electrons. The zero-order valence-electron chi connectivity index (χ0n) is 17.0. The topological polar surface area (TPSA) is 90.9 Å². The van der Waals surface area contributed by atoms with Gasteiger partial charge in [-0.1, -0.05) is 30.3 Å². The fraction of sp³-hybridized carbons (Fsp3) is 0.261. The molecule has 1 aliphatic rings. The van der Waals surface area contributed by atoms with E-state index < -0.39 is 0 Å². The molecule has 1 saturated heterocycles. The smallest absolute Gasteiger partial charge is 0.225 e. The Balaban J connectivity index is 1.56. The Morgan fingerprint density at radius 2 is 1.90 bits per heavy atom. The van der Waals surface area contributed by atoms with Crippen LogP contribution in [0.2, 0.25) is 0 Å². The third-order valence-electron chi connectivity index (χ3n) is 5.44. The van der Waals surface area contributed by atoms with Crippen LogP contribution in [0.15, 0.2) is 54.6 Å². The Hall–Kier alpha value is -3.52. The SMILES string of the molecule is Nc1c2c(-c3ccc(F)cc3)nc(NCC3CCCO3)nc2nn1Cc1ccccc1. The maximum atomic E-state index is 13.5. The van der Waals surface area contributed by atoms with Gasteiger partial charge in [0.15, 0.2) is 5.65 Å². The number of nitrogens with zero attached hydrogens (tertiary/aromatic N) is 4. The number of benzene rings is 2. The second-order valence-corrected chi connectivity index (χ2v) is 7.65. The molecule has 0 saturated carbocycles. The van der Waals surface area contributed by atoms with Crippen LogP contribution in [0.4, 0.5) is 16.2 Å². The summed E-state index contributed by atoms with van der Waals surface area (Å²) in [6.45, 7) is 1.92. The van der Waals surface area contributed by atoms with E-state index in [-0.39, 0.29) is 11.9 Å². The monoisotopic (exact) mass is 418 g/mol. The molecule has 31 heavy (non-hydrogen) atoms. The van der Waals surface area contributed by atoms with E-state index in [4.69, 9.17) is 15.5 Å². The molecule has 1 fully saturated rings. The third kappa shape index (κ3) is 4.06. The first-order valence-electron chi connectivity index (χ1n) is 10.4. The molecular formula is C23H23FN6O. The molecule has 8 heteroatoms. The second-order valence-electron chi connectivity index (χ2n) is 7.65. The van der Waals surface area contributed by atoms with E-state index >= 15 is 0 Å². The lowest BCUT2D eigenvalue weighted by Crippen LogP contribution is -2.19. The molecule has 0 bridgehead atoms. The average Bonchev–Trinajstić information content (AvgIpc) is 3.41. The van der Waals surface area contributed by atoms with Crippen molar-refractivity contribution in [3.05, 3.63) is 66.0 Å². The van der Waals surface area contributed by atoms with E-state index in [0.717, 1.165) is 30.6 Å². The van der Waals surface area contributed by atoms with Gasteiger partial charge in [0.2, 0.25) is 5.95 Å². The minimum absolute atomic E-state index is 0.147. The van der Waals surface area contributed by atoms with E-state index in [2.05, 4.69) is 15.4 Å². The highest BCUT2D eigenvalue weighted by Crippen LogP contribution is 2.32. The number of anilines is 2. The summed E-state index contributed by atoms with van der Waals surface area (Å²) in [6.07, 6.45) is 2.22. The molecule has 7 nitrogen and oxygen atoms in total. The summed E-state index contributed by atoms with van der Waals surface area (Å²) in [6, 6.07) is 16.2. The Kier molecular flexibility index (Phi) is 5.21. The van der Waals surface area contributed by atoms with Crippen molar-refractivity contribution in [2.75, 3.05) is 24.2 Å². The Bertz CT molecular complexity index is 1190. The fourth-order valence-corrected chi connectivity index (χ4v) is 3.84. The maximum Gasteiger partial charge on any atom is 0.225 e. The largest absolute Gasteiger partial charge is 0.383 e. The van der Waals surface area contributed by atoms with Crippen molar-refractivity contribution in [3.8, 4) is 11.3 Å². The van der Waals surface area contributed by atoms with Crippen molar-refractivity contribution in [1.82, 2.24) is 19.7 Å². The number of hydrogen-bond acceptors (Lipinski definition) is 6. The van der Waals surface area contributed by atoms with Gasteiger partial charge in [0.1, 0.15) is 11.6 Å². The minimum Gasteiger partial charge on any atom is -0.383 e. The third-order valence-corrected chi connectivity index (χ3v) is 5.44. The standard InChI is InChI=1S/C23H23FN6O/c24-17-10-8-16(9-11-17)20-19-21(25)30(14-15-5-2-1-3-6-15)29-22(19)28-23(27-20)26-13-18-7-4-12-31-18/h1-3,5-6,8-11,18H,4,7,12-14,25H2,(H,26,28,29). The number of nitrogen functional groups attached to an aromatic ring is 1. The Morgan fingerprint density at radius 1 is 1.10 bits per heavy atom. The number of fused-ring (bicyclic) bond motifs is 1. The number of hydrogen-bond donors (Lipinski definition) is 2. The van der Waals surface area contributed by atoms with Crippen LogP contribution in [0.25, 0.3) is 22.3 Å². The van der Waals surface area contributed by atoms with Gasteiger partial charge in [-0.2, -0.15) is 4.98 Å². The average molecular weight is 418 g/mol. The van der Waals surface area contributed by atoms with Gasteiger partial charge in [-0.05, 0) is 42.7 Å². The van der Waals surface area contributed by atoms with Gasteiger partial charge in [-0.15, -0.1) is 5.10 Å². The normalized spacial score (nSPS) is 16.1. The highest BCUT2D eigenvalue weighted by Gasteiger charge is 2.20. The number of nitrogens with two attached hydrogens (primary N) is 1. The van der Waals surface area contributed by atoms with Crippen molar-refractivity contribution in [1.29, 1.82) is 0 Å². The molecular weight excluding hydrogens is 395 g/mol. The van der Waals surface area contributed by atoms with Crippen LogP contribution in [-0.2, 0) is 11.3 Å². The highest BCUT2D eigenvalue weighted by atomic mass is 19.1. The first-order chi connectivity index (χ1) is 15.2. The molecule has 1 aliphatic heterocycles. The Morgan fingerprint density at radius 3 is 2.65 bits per heavy atom. The number of rotatable bonds is 6. The van der Waals surface area contributed by atoms with Crippen molar-refractivity contribution < 1.29 is 9.13 Å². The van der Waals surface area contributed by atoms with Gasteiger partial charge < -0.3 is 15.8 Å². The molecule has 1 unspecified atom stereocenters. The predicted molar refractivity (Wildman–Crippen MR) is 118 cm³/mol. The number of nitrogens with one attached hydrogen (secondary N) is 1. The van der Waals surface area contributed by atoms with Crippen LogP contribution in [0.1, 0.15) is 18.4 Å². The summed E-state index contributed by atoms with van der Waals surface area (Å²) in [5.41, 5.74) is 9.43. The summed E-state index contributed by atoms with van der Waals surface area (Å²) in [5, 5.41) is 8.57. The van der Waals surface area contributed by atoms with E-state index in [9.17, 15) is 4.39 Å². The molecule has 3 heterocycles. The minimum atomic E-state index is -0.307. The summed E-state index contributed by atoms with van der Waals surface area (Å²) < 4.78 is 20.9. The van der Waals surface area contributed by atoms with E-state index in [1.807, 2.05) is 30.3 Å². The van der Waals surface area contributed by atoms with Crippen LogP contribution < -0.4 is 11.1 Å². The second kappa shape index (κ2) is 8.31. The van der Waals surface area contributed by atoms with Gasteiger partial charge in [0.25, 0.3) is 0 Å². The van der Waals surface area contributed by atoms with Crippen molar-refractivity contribution >= 4 is 22.8 Å². The number of halogens is 1. The molecule has 4 aromatic rings. The van der Waals surface area contributed by atoms with Crippen LogP contribution in [0.5, 0.6) is 0 Å². The van der Waals surface area contributed by atoms with Gasteiger partial charge in [-0.3, -0.25) is 0 Å². The van der Waals surface area contributed by atoms with Crippen molar-refractivity contribution in [3.63, 3.8) is 0 Å². The maximum absolute atomic E-state index is 13.5. The molecule has 0 aliphatic carbocycles. The van der Waals surface area contributed by atoms with Gasteiger partial charge in [-0.25, -0.2) is 14.1 Å². The fourth-order valence-electron chi connectivity index (χ4n) is 3.84.